The minimum Gasteiger partial charge on any atom is -0.503 e. The number of anilines is 1. The molecule has 0 saturated carbocycles. The molecule has 0 spiro atoms. The summed E-state index contributed by atoms with van der Waals surface area (Å²) in [4.78, 5) is 0. The van der Waals surface area contributed by atoms with Crippen LogP contribution in [-0.4, -0.2) is 14.7 Å². The van der Waals surface area contributed by atoms with E-state index in [4.69, 9.17) is 10.8 Å². The fourth-order valence-corrected chi connectivity index (χ4v) is 0.843. The van der Waals surface area contributed by atoms with Crippen LogP contribution in [0.4, 0.5) is 5.82 Å². The second-order valence-corrected chi connectivity index (χ2v) is 1.94. The van der Waals surface area contributed by atoms with Crippen molar-refractivity contribution in [2.75, 3.05) is 5.73 Å². The first-order valence-corrected chi connectivity index (χ1v) is 2.69. The summed E-state index contributed by atoms with van der Waals surface area (Å²) in [6.07, 6.45) is 1.39. The van der Waals surface area contributed by atoms with Crippen molar-refractivity contribution < 1.29 is 9.63 Å². The Labute approximate surface area is 55.6 Å². The zero-order valence-electron chi connectivity index (χ0n) is 4.98. The molecule has 0 amide bonds. The minimum absolute atomic E-state index is 0.00926. The molecule has 0 aromatic carbocycles. The molecule has 0 aliphatic rings. The molecular formula is C5H5N3O2. The van der Waals surface area contributed by atoms with Crippen LogP contribution in [0, 0.1) is 0 Å². The van der Waals surface area contributed by atoms with Gasteiger partial charge in [-0.2, -0.15) is 0 Å². The lowest BCUT2D eigenvalue weighted by molar-refractivity contribution is 0.421. The molecule has 2 aromatic heterocycles. The zero-order valence-corrected chi connectivity index (χ0v) is 4.98. The summed E-state index contributed by atoms with van der Waals surface area (Å²) in [5.74, 6) is 0.420. The molecule has 52 valence electrons. The third-order valence-corrected chi connectivity index (χ3v) is 1.30. The van der Waals surface area contributed by atoms with Gasteiger partial charge in [0.25, 0.3) is 5.71 Å². The van der Waals surface area contributed by atoms with Gasteiger partial charge in [0.1, 0.15) is 12.1 Å². The fraction of sp³-hybridized carbons (Fsp3) is 0. The van der Waals surface area contributed by atoms with Gasteiger partial charge in [-0.05, 0) is 0 Å². The van der Waals surface area contributed by atoms with Crippen LogP contribution >= 0.6 is 0 Å². The molecule has 0 aliphatic heterocycles. The highest BCUT2D eigenvalue weighted by Crippen LogP contribution is 2.23. The molecule has 0 aliphatic carbocycles. The Kier molecular flexibility index (Phi) is 0.743. The molecule has 2 aromatic rings. The van der Waals surface area contributed by atoms with Crippen molar-refractivity contribution in [1.82, 2.24) is 9.56 Å². The van der Waals surface area contributed by atoms with Crippen molar-refractivity contribution in [3.8, 4) is 5.75 Å². The average Bonchev–Trinajstić information content (AvgIpc) is 2.39. The van der Waals surface area contributed by atoms with Gasteiger partial charge in [0.2, 0.25) is 0 Å². The molecule has 5 nitrogen and oxygen atoms in total. The maximum Gasteiger partial charge on any atom is 0.278 e. The normalized spacial score (nSPS) is 10.8. The molecule has 10 heavy (non-hydrogen) atoms. The van der Waals surface area contributed by atoms with E-state index in [9.17, 15) is 0 Å². The van der Waals surface area contributed by atoms with Crippen molar-refractivity contribution in [1.29, 1.82) is 0 Å². The van der Waals surface area contributed by atoms with E-state index in [1.165, 1.54) is 16.8 Å². The van der Waals surface area contributed by atoms with E-state index in [-0.39, 0.29) is 11.5 Å². The van der Waals surface area contributed by atoms with Crippen LogP contribution in [0.15, 0.2) is 16.9 Å². The number of rotatable bonds is 0. The first-order chi connectivity index (χ1) is 4.79. The minimum atomic E-state index is 0.00926. The molecule has 0 fully saturated rings. The zero-order chi connectivity index (χ0) is 7.14. The van der Waals surface area contributed by atoms with E-state index >= 15 is 0 Å². The van der Waals surface area contributed by atoms with Gasteiger partial charge in [0.05, 0.1) is 0 Å². The average molecular weight is 139 g/mol. The van der Waals surface area contributed by atoms with Gasteiger partial charge in [-0.15, -0.1) is 0 Å². The molecule has 0 bridgehead atoms. The van der Waals surface area contributed by atoms with Crippen LogP contribution in [-0.2, 0) is 0 Å². The van der Waals surface area contributed by atoms with E-state index in [2.05, 4.69) is 9.68 Å². The molecule has 0 radical (unpaired) electrons. The first kappa shape index (κ1) is 5.16. The largest absolute Gasteiger partial charge is 0.503 e. The highest BCUT2D eigenvalue weighted by molar-refractivity contribution is 5.59. The van der Waals surface area contributed by atoms with E-state index in [0.717, 1.165) is 0 Å². The van der Waals surface area contributed by atoms with Gasteiger partial charge in [-0.1, -0.05) is 5.16 Å². The van der Waals surface area contributed by atoms with Gasteiger partial charge in [0, 0.05) is 6.07 Å². The van der Waals surface area contributed by atoms with Crippen LogP contribution in [0.2, 0.25) is 0 Å². The van der Waals surface area contributed by atoms with E-state index in [0.29, 0.717) is 5.82 Å². The lowest BCUT2D eigenvalue weighted by Gasteiger charge is -1.80. The van der Waals surface area contributed by atoms with Crippen molar-refractivity contribution >= 4 is 11.5 Å². The first-order valence-electron chi connectivity index (χ1n) is 2.69. The number of nitrogen functional groups attached to an aromatic ring is 1. The van der Waals surface area contributed by atoms with Crippen LogP contribution in [0.25, 0.3) is 5.71 Å². The number of nitrogens with two attached hydrogens (primary N) is 1. The van der Waals surface area contributed by atoms with Crippen LogP contribution in [0.1, 0.15) is 0 Å². The second kappa shape index (κ2) is 1.44. The Balaban J connectivity index is 2.98. The van der Waals surface area contributed by atoms with Crippen LogP contribution in [0.5, 0.6) is 5.75 Å². The molecule has 3 N–H and O–H groups in total. The quantitative estimate of drug-likeness (QED) is 0.547. The third-order valence-electron chi connectivity index (χ3n) is 1.30. The van der Waals surface area contributed by atoms with Crippen molar-refractivity contribution in [2.24, 2.45) is 0 Å². The van der Waals surface area contributed by atoms with Gasteiger partial charge in [-0.3, -0.25) is 0 Å². The summed E-state index contributed by atoms with van der Waals surface area (Å²) in [7, 11) is 0. The Morgan fingerprint density at radius 3 is 3.20 bits per heavy atom. The van der Waals surface area contributed by atoms with E-state index in [1.54, 1.807) is 0 Å². The van der Waals surface area contributed by atoms with Gasteiger partial charge in [-0.25, -0.2) is 4.40 Å². The van der Waals surface area contributed by atoms with Gasteiger partial charge < -0.3 is 15.4 Å². The summed E-state index contributed by atoms with van der Waals surface area (Å²) in [6.45, 7) is 0. The summed E-state index contributed by atoms with van der Waals surface area (Å²) >= 11 is 0. The molecular weight excluding hydrogens is 134 g/mol. The van der Waals surface area contributed by atoms with Crippen molar-refractivity contribution in [2.45, 2.75) is 0 Å². The Morgan fingerprint density at radius 2 is 2.50 bits per heavy atom. The fourth-order valence-electron chi connectivity index (χ4n) is 0.843. The monoisotopic (exact) mass is 139 g/mol. The number of fused-ring (bicyclic) bond motifs is 1. The van der Waals surface area contributed by atoms with Crippen molar-refractivity contribution in [3.63, 3.8) is 0 Å². The maximum atomic E-state index is 9.05. The summed E-state index contributed by atoms with van der Waals surface area (Å²) in [5, 5.41) is 12.5. The topological polar surface area (TPSA) is 76.7 Å². The summed E-state index contributed by atoms with van der Waals surface area (Å²) < 4.78 is 6.11. The molecule has 0 unspecified atom stereocenters. The number of hydrogen-bond acceptors (Lipinski definition) is 4. The van der Waals surface area contributed by atoms with Crippen molar-refractivity contribution in [3.05, 3.63) is 12.4 Å². The lowest BCUT2D eigenvalue weighted by Crippen LogP contribution is -1.87. The molecule has 0 atom stereocenters. The van der Waals surface area contributed by atoms with Gasteiger partial charge in [0.15, 0.2) is 5.75 Å². The maximum absolute atomic E-state index is 9.05. The number of hydrogen-bond donors (Lipinski definition) is 2. The second-order valence-electron chi connectivity index (χ2n) is 1.94. The molecule has 5 heteroatoms. The standard InChI is InChI=1S/C5H5N3O2/c6-4-1-3(9)5-8(4)2-7-10-5/h1-2,9H,6H2. The Morgan fingerprint density at radius 1 is 1.70 bits per heavy atom. The van der Waals surface area contributed by atoms with E-state index in [1.807, 2.05) is 0 Å². The van der Waals surface area contributed by atoms with Crippen LogP contribution < -0.4 is 5.73 Å². The Hall–Kier alpha value is -1.65. The molecule has 2 heterocycles. The van der Waals surface area contributed by atoms with Gasteiger partial charge >= 0.3 is 0 Å². The predicted octanol–water partition coefficient (Wildman–Crippen LogP) is 0.215. The highest BCUT2D eigenvalue weighted by Gasteiger charge is 2.07. The summed E-state index contributed by atoms with van der Waals surface area (Å²) in [6, 6.07) is 1.40. The number of nitrogens with zero attached hydrogens (tertiary/aromatic N) is 2. The Bertz CT molecular complexity index is 330. The lowest BCUT2D eigenvalue weighted by atomic mass is 10.6. The van der Waals surface area contributed by atoms with E-state index < -0.39 is 0 Å². The predicted molar refractivity (Wildman–Crippen MR) is 33.5 cm³/mol. The smallest absolute Gasteiger partial charge is 0.278 e. The molecule has 0 saturated heterocycles. The number of aromatic nitrogens is 2. The highest BCUT2D eigenvalue weighted by atomic mass is 16.5. The van der Waals surface area contributed by atoms with Crippen LogP contribution in [0.3, 0.4) is 0 Å². The number of aromatic hydroxyl groups is 1. The molecule has 2 rings (SSSR count). The SMILES string of the molecule is Nc1cc(O)c2oncn12. The summed E-state index contributed by atoms with van der Waals surface area (Å²) in [5.41, 5.74) is 5.70. The third kappa shape index (κ3) is 0.439.